The zero-order chi connectivity index (χ0) is 9.10. The summed E-state index contributed by atoms with van der Waals surface area (Å²) in [5, 5.41) is 9.38. The largest absolute Gasteiger partial charge is 0.508 e. The van der Waals surface area contributed by atoms with Crippen LogP contribution in [-0.4, -0.2) is 24.4 Å². The van der Waals surface area contributed by atoms with Crippen LogP contribution in [-0.2, 0) is 16.1 Å². The number of aromatic hydroxyl groups is 1. The van der Waals surface area contributed by atoms with Gasteiger partial charge in [-0.3, -0.25) is 0 Å². The van der Waals surface area contributed by atoms with Gasteiger partial charge >= 0.3 is 0 Å². The van der Waals surface area contributed by atoms with E-state index in [9.17, 15) is 5.11 Å². The Labute approximate surface area is 76.9 Å². The van der Waals surface area contributed by atoms with Crippen LogP contribution < -0.4 is 0 Å². The lowest BCUT2D eigenvalue weighted by molar-refractivity contribution is 0.102. The van der Waals surface area contributed by atoms with Crippen molar-refractivity contribution in [1.29, 1.82) is 0 Å². The second kappa shape index (κ2) is 3.77. The Morgan fingerprint density at radius 2 is 2.23 bits per heavy atom. The third kappa shape index (κ3) is 2.44. The SMILES string of the molecule is Oc1ccccc1COCC1CO1. The molecule has 1 N–H and O–H groups in total. The quantitative estimate of drug-likeness (QED) is 0.710. The molecule has 1 unspecified atom stereocenters. The maximum Gasteiger partial charge on any atom is 0.121 e. The Hall–Kier alpha value is -1.06. The maximum absolute atomic E-state index is 9.38. The summed E-state index contributed by atoms with van der Waals surface area (Å²) in [6.45, 7) is 1.88. The minimum absolute atomic E-state index is 0.283. The van der Waals surface area contributed by atoms with Crippen LogP contribution in [0.3, 0.4) is 0 Å². The number of ether oxygens (including phenoxy) is 2. The molecule has 1 fully saturated rings. The summed E-state index contributed by atoms with van der Waals surface area (Å²) < 4.78 is 10.3. The molecular formula is C10H12O3. The van der Waals surface area contributed by atoms with E-state index < -0.39 is 0 Å². The molecule has 1 heterocycles. The molecule has 0 amide bonds. The first-order valence-corrected chi connectivity index (χ1v) is 4.32. The number of para-hydroxylation sites is 1. The lowest BCUT2D eigenvalue weighted by atomic mass is 10.2. The predicted octanol–water partition coefficient (Wildman–Crippen LogP) is 1.31. The fourth-order valence-electron chi connectivity index (χ4n) is 1.10. The molecule has 0 bridgehead atoms. The van der Waals surface area contributed by atoms with Gasteiger partial charge in [0.2, 0.25) is 0 Å². The molecule has 13 heavy (non-hydrogen) atoms. The normalized spacial score (nSPS) is 20.2. The Morgan fingerprint density at radius 3 is 2.92 bits per heavy atom. The first kappa shape index (κ1) is 8.53. The highest BCUT2D eigenvalue weighted by molar-refractivity contribution is 5.30. The van der Waals surface area contributed by atoms with Crippen LogP contribution in [0.15, 0.2) is 24.3 Å². The predicted molar refractivity (Wildman–Crippen MR) is 47.5 cm³/mol. The second-order valence-corrected chi connectivity index (χ2v) is 3.10. The summed E-state index contributed by atoms with van der Waals surface area (Å²) in [6, 6.07) is 7.18. The van der Waals surface area contributed by atoms with E-state index in [2.05, 4.69) is 0 Å². The molecule has 1 aliphatic heterocycles. The average Bonchev–Trinajstić information content (AvgIpc) is 2.92. The molecule has 0 spiro atoms. The number of hydrogen-bond acceptors (Lipinski definition) is 3. The molecule has 1 atom stereocenters. The molecule has 3 heteroatoms. The van der Waals surface area contributed by atoms with E-state index in [0.29, 0.717) is 19.0 Å². The van der Waals surface area contributed by atoms with E-state index in [4.69, 9.17) is 9.47 Å². The van der Waals surface area contributed by atoms with Gasteiger partial charge in [0.25, 0.3) is 0 Å². The zero-order valence-corrected chi connectivity index (χ0v) is 7.27. The fraction of sp³-hybridized carbons (Fsp3) is 0.400. The number of phenolic OH excluding ortho intramolecular Hbond substituents is 1. The van der Waals surface area contributed by atoms with Crippen LogP contribution in [0.1, 0.15) is 5.56 Å². The Bertz CT molecular complexity index is 281. The summed E-state index contributed by atoms with van der Waals surface area (Å²) in [5.74, 6) is 0.291. The lowest BCUT2D eigenvalue weighted by Crippen LogP contribution is -2.01. The lowest BCUT2D eigenvalue weighted by Gasteiger charge is -2.03. The van der Waals surface area contributed by atoms with Gasteiger partial charge in [0, 0.05) is 5.56 Å². The Morgan fingerprint density at radius 1 is 1.46 bits per heavy atom. The van der Waals surface area contributed by atoms with Crippen LogP contribution >= 0.6 is 0 Å². The molecule has 1 saturated heterocycles. The van der Waals surface area contributed by atoms with Crippen molar-refractivity contribution in [2.45, 2.75) is 12.7 Å². The van der Waals surface area contributed by atoms with Crippen molar-refractivity contribution in [2.24, 2.45) is 0 Å². The Balaban J connectivity index is 1.82. The van der Waals surface area contributed by atoms with Crippen LogP contribution in [0.2, 0.25) is 0 Å². The van der Waals surface area contributed by atoms with Crippen molar-refractivity contribution < 1.29 is 14.6 Å². The summed E-state index contributed by atoms with van der Waals surface area (Å²) in [6.07, 6.45) is 0.283. The fourth-order valence-corrected chi connectivity index (χ4v) is 1.10. The highest BCUT2D eigenvalue weighted by Crippen LogP contribution is 2.17. The van der Waals surface area contributed by atoms with Crippen molar-refractivity contribution >= 4 is 0 Å². The van der Waals surface area contributed by atoms with E-state index in [0.717, 1.165) is 12.2 Å². The molecule has 1 aliphatic rings. The minimum atomic E-state index is 0.283. The monoisotopic (exact) mass is 180 g/mol. The third-order valence-corrected chi connectivity index (χ3v) is 1.96. The Kier molecular flexibility index (Phi) is 2.47. The van der Waals surface area contributed by atoms with Crippen LogP contribution in [0.5, 0.6) is 5.75 Å². The first-order valence-electron chi connectivity index (χ1n) is 4.32. The molecular weight excluding hydrogens is 168 g/mol. The van der Waals surface area contributed by atoms with E-state index in [1.807, 2.05) is 12.1 Å². The minimum Gasteiger partial charge on any atom is -0.508 e. The highest BCUT2D eigenvalue weighted by atomic mass is 16.6. The number of hydrogen-bond donors (Lipinski definition) is 1. The van der Waals surface area contributed by atoms with Crippen molar-refractivity contribution in [3.8, 4) is 5.75 Å². The van der Waals surface area contributed by atoms with E-state index in [1.54, 1.807) is 12.1 Å². The smallest absolute Gasteiger partial charge is 0.121 e. The first-order chi connectivity index (χ1) is 6.36. The molecule has 1 aromatic carbocycles. The zero-order valence-electron chi connectivity index (χ0n) is 7.27. The number of benzene rings is 1. The molecule has 70 valence electrons. The van der Waals surface area contributed by atoms with Crippen LogP contribution in [0.25, 0.3) is 0 Å². The van der Waals surface area contributed by atoms with Crippen molar-refractivity contribution in [2.75, 3.05) is 13.2 Å². The van der Waals surface area contributed by atoms with Gasteiger partial charge in [0.15, 0.2) is 0 Å². The maximum atomic E-state index is 9.38. The molecule has 0 aromatic heterocycles. The van der Waals surface area contributed by atoms with Gasteiger partial charge in [-0.1, -0.05) is 18.2 Å². The molecule has 0 aliphatic carbocycles. The summed E-state index contributed by atoms with van der Waals surface area (Å²) >= 11 is 0. The molecule has 0 radical (unpaired) electrons. The van der Waals surface area contributed by atoms with Crippen molar-refractivity contribution in [3.05, 3.63) is 29.8 Å². The van der Waals surface area contributed by atoms with Gasteiger partial charge in [-0.25, -0.2) is 0 Å². The summed E-state index contributed by atoms with van der Waals surface area (Å²) in [5.41, 5.74) is 0.822. The average molecular weight is 180 g/mol. The van der Waals surface area contributed by atoms with Crippen LogP contribution in [0.4, 0.5) is 0 Å². The summed E-state index contributed by atoms with van der Waals surface area (Å²) in [4.78, 5) is 0. The van der Waals surface area contributed by atoms with Gasteiger partial charge < -0.3 is 14.6 Å². The van der Waals surface area contributed by atoms with Crippen LogP contribution in [0, 0.1) is 0 Å². The van der Waals surface area contributed by atoms with Gasteiger partial charge in [0.05, 0.1) is 19.8 Å². The van der Waals surface area contributed by atoms with Gasteiger partial charge in [-0.15, -0.1) is 0 Å². The van der Waals surface area contributed by atoms with Crippen molar-refractivity contribution in [1.82, 2.24) is 0 Å². The molecule has 3 nitrogen and oxygen atoms in total. The van der Waals surface area contributed by atoms with Gasteiger partial charge in [-0.05, 0) is 6.07 Å². The van der Waals surface area contributed by atoms with Gasteiger partial charge in [-0.2, -0.15) is 0 Å². The molecule has 1 aromatic rings. The summed E-state index contributed by atoms with van der Waals surface area (Å²) in [7, 11) is 0. The van der Waals surface area contributed by atoms with E-state index in [1.165, 1.54) is 0 Å². The third-order valence-electron chi connectivity index (χ3n) is 1.96. The van der Waals surface area contributed by atoms with E-state index in [-0.39, 0.29) is 6.10 Å². The number of epoxide rings is 1. The van der Waals surface area contributed by atoms with E-state index >= 15 is 0 Å². The molecule has 2 rings (SSSR count). The highest BCUT2D eigenvalue weighted by Gasteiger charge is 2.22. The van der Waals surface area contributed by atoms with Gasteiger partial charge in [0.1, 0.15) is 11.9 Å². The second-order valence-electron chi connectivity index (χ2n) is 3.10. The number of phenols is 1. The molecule has 0 saturated carbocycles. The topological polar surface area (TPSA) is 42.0 Å². The number of rotatable bonds is 4. The van der Waals surface area contributed by atoms with Crippen molar-refractivity contribution in [3.63, 3.8) is 0 Å². The standard InChI is InChI=1S/C10H12O3/c11-10-4-2-1-3-8(10)5-12-6-9-7-13-9/h1-4,9,11H,5-7H2.